The van der Waals surface area contributed by atoms with Gasteiger partial charge in [-0.2, -0.15) is 0 Å². The lowest BCUT2D eigenvalue weighted by molar-refractivity contribution is 0.0559. The Kier molecular flexibility index (Phi) is 4.45. The molecule has 2 heterocycles. The molecule has 3 heteroatoms. The smallest absolute Gasteiger partial charge is 0.0588 e. The van der Waals surface area contributed by atoms with E-state index in [2.05, 4.69) is 24.1 Å². The standard InChI is InChI=1S/C16H30N2O/c1-12(2)16-10-17-15(13-5-6-13)11-18(16)8-7-14-4-3-9-19-14/h12-17H,3-11H2,1-2H3. The molecule has 3 nitrogen and oxygen atoms in total. The molecule has 0 aromatic rings. The summed E-state index contributed by atoms with van der Waals surface area (Å²) < 4.78 is 5.78. The van der Waals surface area contributed by atoms with Crippen LogP contribution in [0.15, 0.2) is 0 Å². The van der Waals surface area contributed by atoms with Gasteiger partial charge in [-0.15, -0.1) is 0 Å². The maximum absolute atomic E-state index is 5.78. The average Bonchev–Trinajstić information content (AvgIpc) is 3.13. The van der Waals surface area contributed by atoms with E-state index in [0.717, 1.165) is 30.5 Å². The van der Waals surface area contributed by atoms with Crippen LogP contribution < -0.4 is 5.32 Å². The Morgan fingerprint density at radius 2 is 2.11 bits per heavy atom. The molecule has 1 aliphatic carbocycles. The molecule has 1 N–H and O–H groups in total. The number of nitrogens with zero attached hydrogens (tertiary/aromatic N) is 1. The lowest BCUT2D eigenvalue weighted by Gasteiger charge is -2.43. The molecule has 0 spiro atoms. The van der Waals surface area contributed by atoms with Gasteiger partial charge in [0.05, 0.1) is 6.10 Å². The van der Waals surface area contributed by atoms with Gasteiger partial charge in [-0.3, -0.25) is 4.90 Å². The Labute approximate surface area is 118 Å². The monoisotopic (exact) mass is 266 g/mol. The van der Waals surface area contributed by atoms with Gasteiger partial charge in [0, 0.05) is 38.3 Å². The summed E-state index contributed by atoms with van der Waals surface area (Å²) in [6.45, 7) is 9.40. The Balaban J connectivity index is 1.53. The molecule has 3 atom stereocenters. The molecule has 0 amide bonds. The predicted octanol–water partition coefficient (Wildman–Crippen LogP) is 2.26. The van der Waals surface area contributed by atoms with Crippen molar-refractivity contribution in [2.24, 2.45) is 11.8 Å². The van der Waals surface area contributed by atoms with E-state index < -0.39 is 0 Å². The Bertz CT molecular complexity index is 284. The molecular weight excluding hydrogens is 236 g/mol. The van der Waals surface area contributed by atoms with E-state index in [1.54, 1.807) is 0 Å². The molecule has 3 unspecified atom stereocenters. The van der Waals surface area contributed by atoms with Crippen LogP contribution in [0.5, 0.6) is 0 Å². The van der Waals surface area contributed by atoms with Crippen LogP contribution in [0.1, 0.15) is 46.0 Å². The fourth-order valence-corrected chi connectivity index (χ4v) is 3.76. The molecule has 2 saturated heterocycles. The van der Waals surface area contributed by atoms with Crippen molar-refractivity contribution in [2.45, 2.75) is 64.1 Å². The van der Waals surface area contributed by atoms with Gasteiger partial charge < -0.3 is 10.1 Å². The van der Waals surface area contributed by atoms with Crippen molar-refractivity contribution in [1.82, 2.24) is 10.2 Å². The summed E-state index contributed by atoms with van der Waals surface area (Å²) >= 11 is 0. The summed E-state index contributed by atoms with van der Waals surface area (Å²) in [7, 11) is 0. The summed E-state index contributed by atoms with van der Waals surface area (Å²) in [5.41, 5.74) is 0. The fraction of sp³-hybridized carbons (Fsp3) is 1.00. The molecule has 0 radical (unpaired) electrons. The van der Waals surface area contributed by atoms with Gasteiger partial charge in [0.25, 0.3) is 0 Å². The Morgan fingerprint density at radius 1 is 1.26 bits per heavy atom. The minimum atomic E-state index is 0.544. The second-order valence-electron chi connectivity index (χ2n) is 7.08. The average molecular weight is 266 g/mol. The van der Waals surface area contributed by atoms with Gasteiger partial charge >= 0.3 is 0 Å². The molecule has 110 valence electrons. The van der Waals surface area contributed by atoms with Gasteiger partial charge in [-0.1, -0.05) is 13.8 Å². The molecule has 19 heavy (non-hydrogen) atoms. The highest BCUT2D eigenvalue weighted by atomic mass is 16.5. The van der Waals surface area contributed by atoms with Crippen molar-refractivity contribution in [3.05, 3.63) is 0 Å². The summed E-state index contributed by atoms with van der Waals surface area (Å²) in [6, 6.07) is 1.48. The highest BCUT2D eigenvalue weighted by molar-refractivity contribution is 4.95. The Hall–Kier alpha value is -0.120. The van der Waals surface area contributed by atoms with Gasteiger partial charge in [-0.05, 0) is 43.9 Å². The summed E-state index contributed by atoms with van der Waals surface area (Å²) in [4.78, 5) is 2.76. The van der Waals surface area contributed by atoms with Crippen molar-refractivity contribution in [2.75, 3.05) is 26.2 Å². The number of piperazine rings is 1. The van der Waals surface area contributed by atoms with Crippen molar-refractivity contribution in [1.29, 1.82) is 0 Å². The quantitative estimate of drug-likeness (QED) is 0.826. The number of hydrogen-bond donors (Lipinski definition) is 1. The van der Waals surface area contributed by atoms with E-state index in [-0.39, 0.29) is 0 Å². The zero-order valence-electron chi connectivity index (χ0n) is 12.6. The van der Waals surface area contributed by atoms with Crippen LogP contribution in [-0.2, 0) is 4.74 Å². The third-order valence-corrected chi connectivity index (χ3v) is 5.21. The highest BCUT2D eigenvalue weighted by Gasteiger charge is 2.37. The lowest BCUT2D eigenvalue weighted by Crippen LogP contribution is -2.59. The minimum Gasteiger partial charge on any atom is -0.378 e. The zero-order chi connectivity index (χ0) is 13.2. The van der Waals surface area contributed by atoms with E-state index in [1.165, 1.54) is 51.7 Å². The molecule has 2 aliphatic heterocycles. The second kappa shape index (κ2) is 6.11. The maximum atomic E-state index is 5.78. The van der Waals surface area contributed by atoms with Gasteiger partial charge in [0.1, 0.15) is 0 Å². The molecule has 1 saturated carbocycles. The SMILES string of the molecule is CC(C)C1CNC(C2CC2)CN1CCC1CCCO1. The number of ether oxygens (including phenoxy) is 1. The fourth-order valence-electron chi connectivity index (χ4n) is 3.76. The summed E-state index contributed by atoms with van der Waals surface area (Å²) in [5, 5.41) is 3.80. The van der Waals surface area contributed by atoms with E-state index in [9.17, 15) is 0 Å². The van der Waals surface area contributed by atoms with Crippen LogP contribution in [0.4, 0.5) is 0 Å². The van der Waals surface area contributed by atoms with Crippen LogP contribution in [-0.4, -0.2) is 49.3 Å². The molecule has 3 fully saturated rings. The van der Waals surface area contributed by atoms with Gasteiger partial charge in [-0.25, -0.2) is 0 Å². The van der Waals surface area contributed by atoms with Crippen LogP contribution in [0.25, 0.3) is 0 Å². The van der Waals surface area contributed by atoms with E-state index in [4.69, 9.17) is 4.74 Å². The third-order valence-electron chi connectivity index (χ3n) is 5.21. The van der Waals surface area contributed by atoms with Gasteiger partial charge in [0.2, 0.25) is 0 Å². The maximum Gasteiger partial charge on any atom is 0.0588 e. The van der Waals surface area contributed by atoms with Crippen LogP contribution in [0.2, 0.25) is 0 Å². The molecule has 0 bridgehead atoms. The van der Waals surface area contributed by atoms with E-state index in [0.29, 0.717) is 6.10 Å². The van der Waals surface area contributed by atoms with Crippen LogP contribution in [0.3, 0.4) is 0 Å². The number of nitrogens with one attached hydrogen (secondary N) is 1. The third kappa shape index (κ3) is 3.50. The normalized spacial score (nSPS) is 37.1. The first-order valence-corrected chi connectivity index (χ1v) is 8.33. The zero-order valence-corrected chi connectivity index (χ0v) is 12.6. The van der Waals surface area contributed by atoms with Crippen molar-refractivity contribution in [3.63, 3.8) is 0 Å². The molecule has 0 aromatic carbocycles. The minimum absolute atomic E-state index is 0.544. The molecule has 3 rings (SSSR count). The van der Waals surface area contributed by atoms with Crippen molar-refractivity contribution in [3.8, 4) is 0 Å². The Morgan fingerprint density at radius 3 is 2.74 bits per heavy atom. The molecular formula is C16H30N2O. The van der Waals surface area contributed by atoms with E-state index in [1.807, 2.05) is 0 Å². The van der Waals surface area contributed by atoms with Crippen molar-refractivity contribution < 1.29 is 4.74 Å². The first-order valence-electron chi connectivity index (χ1n) is 8.33. The van der Waals surface area contributed by atoms with Crippen molar-refractivity contribution >= 4 is 0 Å². The van der Waals surface area contributed by atoms with E-state index >= 15 is 0 Å². The predicted molar refractivity (Wildman–Crippen MR) is 78.3 cm³/mol. The summed E-state index contributed by atoms with van der Waals surface area (Å²) in [5.74, 6) is 1.72. The highest BCUT2D eigenvalue weighted by Crippen LogP contribution is 2.35. The molecule has 3 aliphatic rings. The first kappa shape index (κ1) is 13.8. The van der Waals surface area contributed by atoms with Crippen LogP contribution >= 0.6 is 0 Å². The largest absolute Gasteiger partial charge is 0.378 e. The van der Waals surface area contributed by atoms with Crippen LogP contribution in [0, 0.1) is 11.8 Å². The second-order valence-corrected chi connectivity index (χ2v) is 7.08. The number of hydrogen-bond acceptors (Lipinski definition) is 3. The molecule has 0 aromatic heterocycles. The van der Waals surface area contributed by atoms with Gasteiger partial charge in [0.15, 0.2) is 0 Å². The lowest BCUT2D eigenvalue weighted by atomic mass is 9.96. The summed E-state index contributed by atoms with van der Waals surface area (Å²) in [6.07, 6.45) is 7.23. The topological polar surface area (TPSA) is 24.5 Å². The number of rotatable bonds is 5. The first-order chi connectivity index (χ1) is 9.24.